The maximum absolute atomic E-state index is 14.2. The van der Waals surface area contributed by atoms with Crippen LogP contribution in [0.25, 0.3) is 11.8 Å². The average molecular weight is 391 g/mol. The molecule has 0 unspecified atom stereocenters. The molecule has 2 aromatic carbocycles. The van der Waals surface area contributed by atoms with E-state index in [1.807, 2.05) is 47.2 Å². The predicted molar refractivity (Wildman–Crippen MR) is 108 cm³/mol. The van der Waals surface area contributed by atoms with Gasteiger partial charge in [0, 0.05) is 17.6 Å². The molecule has 0 bridgehead atoms. The molecule has 1 saturated heterocycles. The number of halogens is 1. The predicted octanol–water partition coefficient (Wildman–Crippen LogP) is 3.45. The Morgan fingerprint density at radius 3 is 2.39 bits per heavy atom. The van der Waals surface area contributed by atoms with E-state index in [9.17, 15) is 14.0 Å². The summed E-state index contributed by atoms with van der Waals surface area (Å²) in [5.74, 6) is -1.91. The van der Waals surface area contributed by atoms with Gasteiger partial charge in [0.15, 0.2) is 5.11 Å². The smallest absolute Gasteiger partial charge is 0.270 e. The number of carbonyl (C=O) groups excluding carboxylic acids is 2. The number of thiocarbonyl (C=S) groups is 1. The topological polar surface area (TPSA) is 54.3 Å². The van der Waals surface area contributed by atoms with Crippen molar-refractivity contribution in [2.75, 3.05) is 4.90 Å². The summed E-state index contributed by atoms with van der Waals surface area (Å²) in [6.07, 6.45) is 3.30. The van der Waals surface area contributed by atoms with Gasteiger partial charge in [-0.05, 0) is 54.7 Å². The second kappa shape index (κ2) is 7.21. The Hall–Kier alpha value is -3.58. The zero-order valence-electron chi connectivity index (χ0n) is 14.5. The highest BCUT2D eigenvalue weighted by Crippen LogP contribution is 2.25. The summed E-state index contributed by atoms with van der Waals surface area (Å²) in [7, 11) is 0. The van der Waals surface area contributed by atoms with Crippen molar-refractivity contribution in [3.63, 3.8) is 0 Å². The number of amides is 2. The lowest BCUT2D eigenvalue weighted by molar-refractivity contribution is -0.122. The van der Waals surface area contributed by atoms with Gasteiger partial charge < -0.3 is 4.57 Å². The molecule has 1 aliphatic rings. The molecule has 0 atom stereocenters. The number of rotatable bonds is 3. The highest BCUT2D eigenvalue weighted by molar-refractivity contribution is 7.80. The van der Waals surface area contributed by atoms with Crippen molar-refractivity contribution >= 4 is 40.9 Å². The second-order valence-electron chi connectivity index (χ2n) is 6.05. The fraction of sp³-hybridized carbons (Fsp3) is 0. The van der Waals surface area contributed by atoms with E-state index in [2.05, 4.69) is 5.32 Å². The van der Waals surface area contributed by atoms with Crippen LogP contribution in [0.1, 0.15) is 5.69 Å². The first-order valence-corrected chi connectivity index (χ1v) is 8.86. The Morgan fingerprint density at radius 2 is 1.64 bits per heavy atom. The molecule has 7 heteroatoms. The van der Waals surface area contributed by atoms with E-state index in [0.717, 1.165) is 10.6 Å². The molecule has 1 N–H and O–H groups in total. The average Bonchev–Trinajstić information content (AvgIpc) is 3.15. The van der Waals surface area contributed by atoms with Gasteiger partial charge in [-0.15, -0.1) is 0 Å². The third-order valence-electron chi connectivity index (χ3n) is 4.30. The van der Waals surface area contributed by atoms with Crippen LogP contribution in [0, 0.1) is 5.82 Å². The third-order valence-corrected chi connectivity index (χ3v) is 4.59. The van der Waals surface area contributed by atoms with Crippen molar-refractivity contribution in [2.45, 2.75) is 0 Å². The van der Waals surface area contributed by atoms with Gasteiger partial charge in [0.25, 0.3) is 11.8 Å². The van der Waals surface area contributed by atoms with E-state index in [1.165, 1.54) is 24.3 Å². The number of benzene rings is 2. The van der Waals surface area contributed by atoms with Crippen molar-refractivity contribution < 1.29 is 14.0 Å². The number of para-hydroxylation sites is 2. The fourth-order valence-corrected chi connectivity index (χ4v) is 3.27. The number of nitrogens with zero attached hydrogens (tertiary/aromatic N) is 2. The van der Waals surface area contributed by atoms with Crippen LogP contribution in [0.2, 0.25) is 0 Å². The molecular weight excluding hydrogens is 377 g/mol. The summed E-state index contributed by atoms with van der Waals surface area (Å²) >= 11 is 5.10. The largest absolute Gasteiger partial charge is 0.317 e. The minimum atomic E-state index is -0.681. The molecule has 2 amide bonds. The van der Waals surface area contributed by atoms with Gasteiger partial charge in [-0.25, -0.2) is 9.29 Å². The molecular formula is C21H14FN3O2S. The Kier molecular flexibility index (Phi) is 4.58. The van der Waals surface area contributed by atoms with E-state index >= 15 is 0 Å². The molecule has 1 aromatic heterocycles. The monoisotopic (exact) mass is 391 g/mol. The molecule has 2 heterocycles. The molecule has 0 spiro atoms. The summed E-state index contributed by atoms with van der Waals surface area (Å²) in [6, 6.07) is 18.9. The Labute approximate surface area is 165 Å². The molecule has 0 radical (unpaired) electrons. The van der Waals surface area contributed by atoms with E-state index in [4.69, 9.17) is 12.2 Å². The van der Waals surface area contributed by atoms with Crippen LogP contribution in [-0.2, 0) is 9.59 Å². The lowest BCUT2D eigenvalue weighted by Crippen LogP contribution is -2.54. The van der Waals surface area contributed by atoms with Crippen molar-refractivity contribution in [3.8, 4) is 5.69 Å². The minimum Gasteiger partial charge on any atom is -0.317 e. The molecule has 3 aromatic rings. The van der Waals surface area contributed by atoms with Crippen molar-refractivity contribution in [3.05, 3.63) is 90.0 Å². The Bertz CT molecular complexity index is 1120. The third kappa shape index (κ3) is 3.12. The number of carbonyl (C=O) groups is 2. The first-order chi connectivity index (χ1) is 13.6. The van der Waals surface area contributed by atoms with E-state index in [0.29, 0.717) is 5.69 Å². The SMILES string of the molecule is O=C1NC(=S)N(c2ccccc2F)C(=O)/C1=C/c1cccn1-c1ccccc1. The molecule has 0 aliphatic carbocycles. The lowest BCUT2D eigenvalue weighted by Gasteiger charge is -2.29. The molecule has 138 valence electrons. The van der Waals surface area contributed by atoms with Crippen LogP contribution in [0.5, 0.6) is 0 Å². The van der Waals surface area contributed by atoms with Crippen LogP contribution in [0.4, 0.5) is 10.1 Å². The van der Waals surface area contributed by atoms with Gasteiger partial charge in [0.1, 0.15) is 11.4 Å². The summed E-state index contributed by atoms with van der Waals surface area (Å²) in [6.45, 7) is 0. The lowest BCUT2D eigenvalue weighted by atomic mass is 10.1. The number of aromatic nitrogens is 1. The molecule has 1 aliphatic heterocycles. The molecule has 1 fully saturated rings. The second-order valence-corrected chi connectivity index (χ2v) is 6.43. The first-order valence-electron chi connectivity index (χ1n) is 8.45. The van der Waals surface area contributed by atoms with E-state index in [-0.39, 0.29) is 16.4 Å². The number of hydrogen-bond acceptors (Lipinski definition) is 3. The van der Waals surface area contributed by atoms with Gasteiger partial charge in [0.05, 0.1) is 5.69 Å². The Morgan fingerprint density at radius 1 is 0.929 bits per heavy atom. The van der Waals surface area contributed by atoms with Crippen LogP contribution in [-0.4, -0.2) is 21.5 Å². The summed E-state index contributed by atoms with van der Waals surface area (Å²) in [5.41, 5.74) is 1.37. The number of nitrogens with one attached hydrogen (secondary N) is 1. The highest BCUT2D eigenvalue weighted by Gasteiger charge is 2.35. The highest BCUT2D eigenvalue weighted by atomic mass is 32.1. The van der Waals surface area contributed by atoms with Crippen molar-refractivity contribution in [1.82, 2.24) is 9.88 Å². The number of anilines is 1. The normalized spacial score (nSPS) is 15.8. The van der Waals surface area contributed by atoms with Gasteiger partial charge >= 0.3 is 0 Å². The standard InChI is InChI=1S/C21H14FN3O2S/c22-17-10-4-5-11-18(17)25-20(27)16(19(26)23-21(25)28)13-15-9-6-12-24(15)14-7-2-1-3-8-14/h1-13H,(H,23,26,28)/b16-13+. The van der Waals surface area contributed by atoms with Crippen LogP contribution >= 0.6 is 12.2 Å². The van der Waals surface area contributed by atoms with Gasteiger partial charge in [-0.2, -0.15) is 0 Å². The number of hydrogen-bond donors (Lipinski definition) is 1. The van der Waals surface area contributed by atoms with Gasteiger partial charge in [0.2, 0.25) is 0 Å². The van der Waals surface area contributed by atoms with Gasteiger partial charge in [-0.1, -0.05) is 30.3 Å². The van der Waals surface area contributed by atoms with E-state index in [1.54, 1.807) is 12.1 Å². The molecule has 5 nitrogen and oxygen atoms in total. The maximum atomic E-state index is 14.2. The molecule has 4 rings (SSSR count). The Balaban J connectivity index is 1.77. The fourth-order valence-electron chi connectivity index (χ4n) is 2.99. The zero-order chi connectivity index (χ0) is 19.7. The zero-order valence-corrected chi connectivity index (χ0v) is 15.3. The van der Waals surface area contributed by atoms with Crippen LogP contribution in [0.3, 0.4) is 0 Å². The van der Waals surface area contributed by atoms with Crippen LogP contribution < -0.4 is 10.2 Å². The summed E-state index contributed by atoms with van der Waals surface area (Å²) < 4.78 is 16.1. The maximum Gasteiger partial charge on any atom is 0.270 e. The van der Waals surface area contributed by atoms with Crippen molar-refractivity contribution in [2.24, 2.45) is 0 Å². The van der Waals surface area contributed by atoms with Crippen molar-refractivity contribution in [1.29, 1.82) is 0 Å². The van der Waals surface area contributed by atoms with Crippen LogP contribution in [0.15, 0.2) is 78.5 Å². The quantitative estimate of drug-likeness (QED) is 0.423. The minimum absolute atomic E-state index is 0.0122. The first kappa shape index (κ1) is 17.8. The summed E-state index contributed by atoms with van der Waals surface area (Å²) in [4.78, 5) is 26.4. The molecule has 0 saturated carbocycles. The molecule has 28 heavy (non-hydrogen) atoms. The van der Waals surface area contributed by atoms with Gasteiger partial charge in [-0.3, -0.25) is 14.9 Å². The summed E-state index contributed by atoms with van der Waals surface area (Å²) in [5, 5.41) is 2.30. The van der Waals surface area contributed by atoms with E-state index < -0.39 is 17.6 Å².